The van der Waals surface area contributed by atoms with Crippen molar-refractivity contribution in [2.45, 2.75) is 32.2 Å². The average Bonchev–Trinajstić information content (AvgIpc) is 2.50. The van der Waals surface area contributed by atoms with Gasteiger partial charge in [0, 0.05) is 11.5 Å². The van der Waals surface area contributed by atoms with E-state index in [1.165, 1.54) is 12.7 Å². The van der Waals surface area contributed by atoms with Crippen LogP contribution in [0.3, 0.4) is 0 Å². The van der Waals surface area contributed by atoms with Gasteiger partial charge < -0.3 is 10.1 Å². The van der Waals surface area contributed by atoms with Gasteiger partial charge in [-0.2, -0.15) is 0 Å². The van der Waals surface area contributed by atoms with Crippen molar-refractivity contribution in [3.8, 4) is 0 Å². The minimum absolute atomic E-state index is 0.323. The SMILES string of the molecule is COC(=O)C(NCCCN=[N+]=[N-])c1ccc(C(C)C)cc1. The van der Waals surface area contributed by atoms with Crippen LogP contribution in [0.1, 0.15) is 43.4 Å². The summed E-state index contributed by atoms with van der Waals surface area (Å²) in [5.41, 5.74) is 10.3. The maximum atomic E-state index is 11.9. The Labute approximate surface area is 125 Å². The first kappa shape index (κ1) is 17.0. The largest absolute Gasteiger partial charge is 0.468 e. The van der Waals surface area contributed by atoms with E-state index in [4.69, 9.17) is 10.3 Å². The fourth-order valence-electron chi connectivity index (χ4n) is 1.97. The van der Waals surface area contributed by atoms with Crippen molar-refractivity contribution in [3.05, 3.63) is 45.8 Å². The van der Waals surface area contributed by atoms with Crippen molar-refractivity contribution in [2.24, 2.45) is 5.11 Å². The molecule has 1 unspecified atom stereocenters. The molecular weight excluding hydrogens is 268 g/mol. The van der Waals surface area contributed by atoms with Crippen LogP contribution in [0, 0.1) is 0 Å². The molecule has 1 rings (SSSR count). The molecule has 6 heteroatoms. The first-order chi connectivity index (χ1) is 10.1. The van der Waals surface area contributed by atoms with Gasteiger partial charge in [0.25, 0.3) is 0 Å². The molecule has 0 fully saturated rings. The number of benzene rings is 1. The Hall–Kier alpha value is -2.04. The highest BCUT2D eigenvalue weighted by atomic mass is 16.5. The number of ether oxygens (including phenoxy) is 1. The number of azide groups is 1. The molecule has 0 aliphatic rings. The second kappa shape index (κ2) is 9.00. The lowest BCUT2D eigenvalue weighted by Crippen LogP contribution is -2.30. The van der Waals surface area contributed by atoms with Gasteiger partial charge in [0.2, 0.25) is 0 Å². The van der Waals surface area contributed by atoms with Gasteiger partial charge in [0.15, 0.2) is 0 Å². The molecule has 0 aliphatic carbocycles. The topological polar surface area (TPSA) is 87.1 Å². The first-order valence-corrected chi connectivity index (χ1v) is 7.02. The number of nitrogens with one attached hydrogen (secondary N) is 1. The number of esters is 1. The Kier molecular flexibility index (Phi) is 7.29. The Morgan fingerprint density at radius 3 is 2.48 bits per heavy atom. The molecule has 1 N–H and O–H groups in total. The van der Waals surface area contributed by atoms with E-state index in [-0.39, 0.29) is 5.97 Å². The normalized spacial score (nSPS) is 11.8. The third-order valence-electron chi connectivity index (χ3n) is 3.22. The van der Waals surface area contributed by atoms with Crippen LogP contribution in [-0.2, 0) is 9.53 Å². The van der Waals surface area contributed by atoms with Gasteiger partial charge in [0.05, 0.1) is 7.11 Å². The van der Waals surface area contributed by atoms with E-state index in [9.17, 15) is 4.79 Å². The van der Waals surface area contributed by atoms with E-state index in [0.717, 1.165) is 5.56 Å². The lowest BCUT2D eigenvalue weighted by molar-refractivity contribution is -0.143. The third-order valence-corrected chi connectivity index (χ3v) is 3.22. The minimum atomic E-state index is -0.498. The van der Waals surface area contributed by atoms with Crippen LogP contribution in [0.25, 0.3) is 10.4 Å². The predicted molar refractivity (Wildman–Crippen MR) is 81.9 cm³/mol. The zero-order valence-electron chi connectivity index (χ0n) is 12.7. The van der Waals surface area contributed by atoms with Crippen LogP contribution in [-0.4, -0.2) is 26.2 Å². The third kappa shape index (κ3) is 5.45. The molecular formula is C15H22N4O2. The molecule has 0 aromatic heterocycles. The number of hydrogen-bond donors (Lipinski definition) is 1. The monoisotopic (exact) mass is 290 g/mol. The van der Waals surface area contributed by atoms with E-state index >= 15 is 0 Å². The Balaban J connectivity index is 2.72. The molecule has 1 aromatic carbocycles. The van der Waals surface area contributed by atoms with Gasteiger partial charge in [0.1, 0.15) is 6.04 Å². The molecule has 0 saturated heterocycles. The van der Waals surface area contributed by atoms with Gasteiger partial charge >= 0.3 is 5.97 Å². The summed E-state index contributed by atoms with van der Waals surface area (Å²) in [6.07, 6.45) is 0.668. The fourth-order valence-corrected chi connectivity index (χ4v) is 1.97. The highest BCUT2D eigenvalue weighted by Crippen LogP contribution is 2.19. The number of carbonyl (C=O) groups excluding carboxylic acids is 1. The molecule has 1 aromatic rings. The van der Waals surface area contributed by atoms with Gasteiger partial charge in [-0.25, -0.2) is 4.79 Å². The lowest BCUT2D eigenvalue weighted by atomic mass is 9.99. The number of hydrogen-bond acceptors (Lipinski definition) is 4. The molecule has 0 heterocycles. The summed E-state index contributed by atoms with van der Waals surface area (Å²) >= 11 is 0. The van der Waals surface area contributed by atoms with Crippen molar-refractivity contribution in [1.82, 2.24) is 5.32 Å². The predicted octanol–water partition coefficient (Wildman–Crippen LogP) is 3.31. The van der Waals surface area contributed by atoms with Crippen molar-refractivity contribution in [1.29, 1.82) is 0 Å². The highest BCUT2D eigenvalue weighted by Gasteiger charge is 2.20. The summed E-state index contributed by atoms with van der Waals surface area (Å²) in [6.45, 7) is 5.23. The molecule has 21 heavy (non-hydrogen) atoms. The second-order valence-corrected chi connectivity index (χ2v) is 5.04. The summed E-state index contributed by atoms with van der Waals surface area (Å²) in [4.78, 5) is 14.6. The van der Waals surface area contributed by atoms with E-state index in [0.29, 0.717) is 25.4 Å². The summed E-state index contributed by atoms with van der Waals surface area (Å²) in [5, 5.41) is 6.60. The highest BCUT2D eigenvalue weighted by molar-refractivity contribution is 5.77. The number of methoxy groups -OCH3 is 1. The van der Waals surface area contributed by atoms with Crippen molar-refractivity contribution in [3.63, 3.8) is 0 Å². The molecule has 0 radical (unpaired) electrons. The summed E-state index contributed by atoms with van der Waals surface area (Å²) in [5.74, 6) is 0.128. The summed E-state index contributed by atoms with van der Waals surface area (Å²) < 4.78 is 4.84. The molecule has 0 amide bonds. The molecule has 0 aliphatic heterocycles. The Bertz CT molecular complexity index is 493. The van der Waals surface area contributed by atoms with Crippen LogP contribution in [0.5, 0.6) is 0 Å². The van der Waals surface area contributed by atoms with Crippen LogP contribution in [0.2, 0.25) is 0 Å². The van der Waals surface area contributed by atoms with Gasteiger partial charge in [-0.15, -0.1) is 0 Å². The van der Waals surface area contributed by atoms with Crippen molar-refractivity contribution >= 4 is 5.97 Å². The van der Waals surface area contributed by atoms with Crippen molar-refractivity contribution in [2.75, 3.05) is 20.2 Å². The number of nitrogens with zero attached hydrogens (tertiary/aromatic N) is 3. The van der Waals surface area contributed by atoms with E-state index < -0.39 is 6.04 Å². The molecule has 0 spiro atoms. The smallest absolute Gasteiger partial charge is 0.327 e. The summed E-state index contributed by atoms with van der Waals surface area (Å²) in [7, 11) is 1.37. The molecule has 1 atom stereocenters. The Morgan fingerprint density at radius 1 is 1.33 bits per heavy atom. The minimum Gasteiger partial charge on any atom is -0.468 e. The Morgan fingerprint density at radius 2 is 1.95 bits per heavy atom. The maximum absolute atomic E-state index is 11.9. The molecule has 6 nitrogen and oxygen atoms in total. The molecule has 0 bridgehead atoms. The number of rotatable bonds is 8. The first-order valence-electron chi connectivity index (χ1n) is 7.02. The van der Waals surface area contributed by atoms with E-state index in [1.54, 1.807) is 0 Å². The van der Waals surface area contributed by atoms with E-state index in [2.05, 4.69) is 29.2 Å². The van der Waals surface area contributed by atoms with Gasteiger partial charge in [-0.05, 0) is 35.5 Å². The zero-order chi connectivity index (χ0) is 15.7. The van der Waals surface area contributed by atoms with Crippen LogP contribution < -0.4 is 5.32 Å². The molecule has 0 saturated carbocycles. The number of carbonyl (C=O) groups is 1. The van der Waals surface area contributed by atoms with Crippen LogP contribution in [0.4, 0.5) is 0 Å². The fraction of sp³-hybridized carbons (Fsp3) is 0.533. The molecule has 114 valence electrons. The van der Waals surface area contributed by atoms with Gasteiger partial charge in [-0.1, -0.05) is 43.2 Å². The van der Waals surface area contributed by atoms with Crippen molar-refractivity contribution < 1.29 is 9.53 Å². The quantitative estimate of drug-likeness (QED) is 0.262. The standard InChI is InChI=1S/C15H22N4O2/c1-11(2)12-5-7-13(8-6-12)14(15(20)21-3)17-9-4-10-18-19-16/h5-8,11,14,17H,4,9-10H2,1-3H3. The van der Waals surface area contributed by atoms with E-state index in [1.807, 2.05) is 24.3 Å². The second-order valence-electron chi connectivity index (χ2n) is 5.04. The van der Waals surface area contributed by atoms with Gasteiger partial charge in [-0.3, -0.25) is 0 Å². The van der Waals surface area contributed by atoms with Crippen LogP contribution >= 0.6 is 0 Å². The van der Waals surface area contributed by atoms with Crippen LogP contribution in [0.15, 0.2) is 29.4 Å². The maximum Gasteiger partial charge on any atom is 0.327 e. The summed E-state index contributed by atoms with van der Waals surface area (Å²) in [6, 6.07) is 7.44. The average molecular weight is 290 g/mol. The lowest BCUT2D eigenvalue weighted by Gasteiger charge is -2.17. The zero-order valence-corrected chi connectivity index (χ0v) is 12.7.